The molecule has 1 aliphatic rings. The van der Waals surface area contributed by atoms with Crippen LogP contribution in [0.1, 0.15) is 18.4 Å². The van der Waals surface area contributed by atoms with Crippen LogP contribution in [0.25, 0.3) is 0 Å². The number of allylic oxidation sites excluding steroid dienone is 2. The number of hydrogen-bond donors (Lipinski definition) is 2. The van der Waals surface area contributed by atoms with Crippen LogP contribution >= 0.6 is 11.6 Å². The number of hydrogen-bond acceptors (Lipinski definition) is 4. The van der Waals surface area contributed by atoms with Crippen LogP contribution in [0.2, 0.25) is 5.02 Å². The highest BCUT2D eigenvalue weighted by Crippen LogP contribution is 2.25. The molecule has 0 saturated heterocycles. The van der Waals surface area contributed by atoms with Crippen molar-refractivity contribution in [3.05, 3.63) is 47.0 Å². The first-order valence-electron chi connectivity index (χ1n) is 7.16. The summed E-state index contributed by atoms with van der Waals surface area (Å²) in [6.07, 6.45) is 4.09. The fourth-order valence-corrected chi connectivity index (χ4v) is 2.55. The van der Waals surface area contributed by atoms with Gasteiger partial charge in [-0.15, -0.1) is 0 Å². The predicted molar refractivity (Wildman–Crippen MR) is 81.8 cm³/mol. The van der Waals surface area contributed by atoms with Crippen molar-refractivity contribution >= 4 is 29.4 Å². The van der Waals surface area contributed by atoms with E-state index in [1.807, 2.05) is 0 Å². The lowest BCUT2D eigenvalue weighted by Gasteiger charge is -2.28. The lowest BCUT2D eigenvalue weighted by atomic mass is 9.82. The number of benzene rings is 1. The quantitative estimate of drug-likeness (QED) is 0.613. The highest BCUT2D eigenvalue weighted by molar-refractivity contribution is 6.30. The molecule has 0 heterocycles. The zero-order valence-corrected chi connectivity index (χ0v) is 13.0. The van der Waals surface area contributed by atoms with Gasteiger partial charge in [-0.2, -0.15) is 0 Å². The predicted octanol–water partition coefficient (Wildman–Crippen LogP) is 0.362. The first-order valence-corrected chi connectivity index (χ1v) is 7.54. The molecule has 2 amide bonds. The van der Waals surface area contributed by atoms with E-state index in [-0.39, 0.29) is 12.8 Å². The second kappa shape index (κ2) is 7.78. The van der Waals surface area contributed by atoms with Crippen LogP contribution in [0, 0.1) is 11.8 Å². The fraction of sp³-hybridized carbons (Fsp3) is 0.312. The molecule has 122 valence electrons. The number of carbonyl (C=O) groups excluding carboxylic acids is 3. The van der Waals surface area contributed by atoms with Crippen molar-refractivity contribution in [1.29, 1.82) is 0 Å². The van der Waals surface area contributed by atoms with Gasteiger partial charge >= 0.3 is 0 Å². The Balaban J connectivity index is 1.85. The Morgan fingerprint density at radius 2 is 1.65 bits per heavy atom. The van der Waals surface area contributed by atoms with Crippen molar-refractivity contribution in [3.8, 4) is 0 Å². The minimum atomic E-state index is -1.26. The average Bonchev–Trinajstić information content (AvgIpc) is 2.54. The Hall–Kier alpha value is -2.34. The molecule has 1 aliphatic carbocycles. The molecule has 1 aromatic rings. The minimum Gasteiger partial charge on any atom is -0.550 e. The molecular weight excluding hydrogens is 320 g/mol. The standard InChI is InChI=1S/C16H17ClN2O4/c17-11-7-5-10(6-8-11)9-14(20)18-19-15(21)12-3-1-2-4-13(12)16(22)23/h1-2,5-8,12-13H,3-4,9H2,(H,18,20)(H,19,21)(H,22,23)/p-1/t12-,13+/m0/s1. The minimum absolute atomic E-state index is 0.0753. The molecule has 2 N–H and O–H groups in total. The number of rotatable bonds is 4. The van der Waals surface area contributed by atoms with Crippen molar-refractivity contribution in [2.45, 2.75) is 19.3 Å². The number of aliphatic carboxylic acids is 1. The molecular formula is C16H16ClN2O4-. The monoisotopic (exact) mass is 335 g/mol. The highest BCUT2D eigenvalue weighted by atomic mass is 35.5. The SMILES string of the molecule is O=C(Cc1ccc(Cl)cc1)NNC(=O)[C@H]1CC=CC[C@H]1C(=O)[O-]. The summed E-state index contributed by atoms with van der Waals surface area (Å²) in [6, 6.07) is 6.76. The molecule has 0 radical (unpaired) electrons. The number of carbonyl (C=O) groups is 3. The lowest BCUT2D eigenvalue weighted by Crippen LogP contribution is -2.49. The van der Waals surface area contributed by atoms with Crippen LogP contribution in [0.4, 0.5) is 0 Å². The van der Waals surface area contributed by atoms with Gasteiger partial charge in [-0.1, -0.05) is 35.9 Å². The summed E-state index contributed by atoms with van der Waals surface area (Å²) < 4.78 is 0. The van der Waals surface area contributed by atoms with E-state index in [9.17, 15) is 19.5 Å². The fourth-order valence-electron chi connectivity index (χ4n) is 2.42. The summed E-state index contributed by atoms with van der Waals surface area (Å²) in [7, 11) is 0. The summed E-state index contributed by atoms with van der Waals surface area (Å²) in [5, 5.41) is 11.6. The number of amides is 2. The van der Waals surface area contributed by atoms with Crippen molar-refractivity contribution in [2.75, 3.05) is 0 Å². The zero-order valence-electron chi connectivity index (χ0n) is 12.3. The molecule has 0 bridgehead atoms. The van der Waals surface area contributed by atoms with E-state index in [4.69, 9.17) is 11.6 Å². The Bertz CT molecular complexity index is 627. The molecule has 7 heteroatoms. The summed E-state index contributed by atoms with van der Waals surface area (Å²) in [4.78, 5) is 34.9. The van der Waals surface area contributed by atoms with Crippen LogP contribution in [0.3, 0.4) is 0 Å². The van der Waals surface area contributed by atoms with E-state index in [1.165, 1.54) is 0 Å². The van der Waals surface area contributed by atoms with E-state index in [0.717, 1.165) is 5.56 Å². The Morgan fingerprint density at radius 1 is 1.04 bits per heavy atom. The summed E-state index contributed by atoms with van der Waals surface area (Å²) >= 11 is 5.76. The third-order valence-electron chi connectivity index (χ3n) is 3.67. The molecule has 0 spiro atoms. The number of hydrazine groups is 1. The van der Waals surface area contributed by atoms with Gasteiger partial charge in [0.1, 0.15) is 0 Å². The average molecular weight is 336 g/mol. The number of carboxylic acids is 1. The summed E-state index contributed by atoms with van der Waals surface area (Å²) in [5.41, 5.74) is 5.32. The van der Waals surface area contributed by atoms with Crippen molar-refractivity contribution < 1.29 is 19.5 Å². The maximum atomic E-state index is 12.0. The van der Waals surface area contributed by atoms with E-state index < -0.39 is 29.6 Å². The van der Waals surface area contributed by atoms with E-state index in [1.54, 1.807) is 36.4 Å². The molecule has 1 aromatic carbocycles. The molecule has 0 saturated carbocycles. The van der Waals surface area contributed by atoms with Gasteiger partial charge in [0.25, 0.3) is 0 Å². The molecule has 2 rings (SSSR count). The summed E-state index contributed by atoms with van der Waals surface area (Å²) in [6.45, 7) is 0. The van der Waals surface area contributed by atoms with Crippen molar-refractivity contribution in [2.24, 2.45) is 11.8 Å². The smallest absolute Gasteiger partial charge is 0.242 e. The molecule has 0 aliphatic heterocycles. The van der Waals surface area contributed by atoms with Gasteiger partial charge in [0.2, 0.25) is 11.8 Å². The first-order chi connectivity index (χ1) is 11.0. The van der Waals surface area contributed by atoms with Crippen molar-refractivity contribution in [3.63, 3.8) is 0 Å². The van der Waals surface area contributed by atoms with Gasteiger partial charge in [0.05, 0.1) is 12.3 Å². The highest BCUT2D eigenvalue weighted by Gasteiger charge is 2.29. The Morgan fingerprint density at radius 3 is 2.26 bits per heavy atom. The number of nitrogens with one attached hydrogen (secondary N) is 2. The van der Waals surface area contributed by atoms with E-state index in [2.05, 4.69) is 10.9 Å². The molecule has 0 aromatic heterocycles. The second-order valence-electron chi connectivity index (χ2n) is 5.32. The van der Waals surface area contributed by atoms with Crippen LogP contribution < -0.4 is 16.0 Å². The molecule has 0 fully saturated rings. The van der Waals surface area contributed by atoms with Crippen LogP contribution in [0.5, 0.6) is 0 Å². The first kappa shape index (κ1) is 17.0. The lowest BCUT2D eigenvalue weighted by molar-refractivity contribution is -0.313. The third kappa shape index (κ3) is 4.82. The topological polar surface area (TPSA) is 98.3 Å². The Labute approximate surface area is 138 Å². The van der Waals surface area contributed by atoms with Gasteiger partial charge in [-0.25, -0.2) is 0 Å². The normalized spacial score (nSPS) is 19.9. The van der Waals surface area contributed by atoms with Crippen LogP contribution in [-0.2, 0) is 20.8 Å². The van der Waals surface area contributed by atoms with E-state index in [0.29, 0.717) is 11.4 Å². The molecule has 23 heavy (non-hydrogen) atoms. The largest absolute Gasteiger partial charge is 0.550 e. The van der Waals surface area contributed by atoms with Crippen molar-refractivity contribution in [1.82, 2.24) is 10.9 Å². The molecule has 0 unspecified atom stereocenters. The molecule has 2 atom stereocenters. The number of carboxylic acid groups (broad SMARTS) is 1. The van der Waals surface area contributed by atoms with Crippen LogP contribution in [0.15, 0.2) is 36.4 Å². The zero-order chi connectivity index (χ0) is 16.8. The van der Waals surface area contributed by atoms with Gasteiger partial charge < -0.3 is 9.90 Å². The van der Waals surface area contributed by atoms with E-state index >= 15 is 0 Å². The maximum Gasteiger partial charge on any atom is 0.242 e. The third-order valence-corrected chi connectivity index (χ3v) is 3.93. The summed E-state index contributed by atoms with van der Waals surface area (Å²) in [5.74, 6) is -3.83. The Kier molecular flexibility index (Phi) is 5.76. The molecule has 6 nitrogen and oxygen atoms in total. The number of halogens is 1. The van der Waals surface area contributed by atoms with Gasteiger partial charge in [-0.05, 0) is 30.5 Å². The van der Waals surface area contributed by atoms with Gasteiger partial charge in [0, 0.05) is 16.9 Å². The van der Waals surface area contributed by atoms with Gasteiger partial charge in [0.15, 0.2) is 0 Å². The maximum absolute atomic E-state index is 12.0. The van der Waals surface area contributed by atoms with Crippen LogP contribution in [-0.4, -0.2) is 17.8 Å². The second-order valence-corrected chi connectivity index (χ2v) is 5.75. The van der Waals surface area contributed by atoms with Gasteiger partial charge in [-0.3, -0.25) is 20.4 Å².